The number of imidazole rings is 2. The van der Waals surface area contributed by atoms with E-state index in [1.807, 2.05) is 49.4 Å². The molecule has 2 heterocycles. The Morgan fingerprint density at radius 2 is 1.77 bits per heavy atom. The number of carbonyl (C=O) groups is 1. The number of aryl methyl sites for hydroxylation is 2. The third kappa shape index (κ3) is 5.57. The van der Waals surface area contributed by atoms with Gasteiger partial charge in [-0.25, -0.2) is 14.8 Å². The molecule has 0 spiro atoms. The molecular formula is C30H27F3N4O2. The van der Waals surface area contributed by atoms with Crippen molar-refractivity contribution in [3.63, 3.8) is 0 Å². The maximum absolute atomic E-state index is 12.9. The zero-order valence-corrected chi connectivity index (χ0v) is 21.5. The van der Waals surface area contributed by atoms with Gasteiger partial charge in [-0.15, -0.1) is 0 Å². The second-order valence-corrected chi connectivity index (χ2v) is 9.62. The van der Waals surface area contributed by atoms with Crippen LogP contribution in [0.4, 0.5) is 13.2 Å². The predicted octanol–water partition coefficient (Wildman–Crippen LogP) is 7.14. The number of aromatic nitrogens is 4. The van der Waals surface area contributed by atoms with Gasteiger partial charge < -0.3 is 14.2 Å². The van der Waals surface area contributed by atoms with Crippen LogP contribution in [0.2, 0.25) is 0 Å². The van der Waals surface area contributed by atoms with Gasteiger partial charge in [0, 0.05) is 24.7 Å². The molecule has 0 atom stereocenters. The Kier molecular flexibility index (Phi) is 6.99. The highest BCUT2D eigenvalue weighted by molar-refractivity contribution is 5.96. The summed E-state index contributed by atoms with van der Waals surface area (Å²) in [6, 6.07) is 18.5. The number of carboxylic acids is 1. The van der Waals surface area contributed by atoms with Crippen LogP contribution in [-0.2, 0) is 19.5 Å². The molecule has 6 nitrogen and oxygen atoms in total. The van der Waals surface area contributed by atoms with E-state index in [0.29, 0.717) is 17.8 Å². The minimum Gasteiger partial charge on any atom is -0.478 e. The van der Waals surface area contributed by atoms with Gasteiger partial charge >= 0.3 is 12.1 Å². The maximum atomic E-state index is 12.9. The van der Waals surface area contributed by atoms with Crippen molar-refractivity contribution in [3.05, 3.63) is 95.7 Å². The molecule has 200 valence electrons. The first kappa shape index (κ1) is 26.2. The summed E-state index contributed by atoms with van der Waals surface area (Å²) in [6.45, 7) is 3.48. The van der Waals surface area contributed by atoms with Crippen LogP contribution in [0.15, 0.2) is 73.2 Å². The smallest absolute Gasteiger partial charge is 0.406 e. The quantitative estimate of drug-likeness (QED) is 0.231. The van der Waals surface area contributed by atoms with E-state index in [-0.39, 0.29) is 5.56 Å². The summed E-state index contributed by atoms with van der Waals surface area (Å²) in [4.78, 5) is 20.8. The zero-order valence-electron chi connectivity index (χ0n) is 21.5. The minimum absolute atomic E-state index is 0.247. The monoisotopic (exact) mass is 532 g/mol. The molecule has 0 saturated carbocycles. The Morgan fingerprint density at radius 3 is 2.46 bits per heavy atom. The molecule has 0 fully saturated rings. The topological polar surface area (TPSA) is 72.9 Å². The molecule has 3 aromatic carbocycles. The van der Waals surface area contributed by atoms with Gasteiger partial charge in [0.2, 0.25) is 0 Å². The first-order valence-electron chi connectivity index (χ1n) is 12.6. The van der Waals surface area contributed by atoms with Crippen LogP contribution < -0.4 is 0 Å². The number of nitrogens with zero attached hydrogens (tertiary/aromatic N) is 4. The third-order valence-electron chi connectivity index (χ3n) is 6.65. The van der Waals surface area contributed by atoms with Crippen molar-refractivity contribution in [3.8, 4) is 22.4 Å². The Bertz CT molecular complexity index is 1650. The highest BCUT2D eigenvalue weighted by atomic mass is 19.4. The van der Waals surface area contributed by atoms with Crippen molar-refractivity contribution in [2.75, 3.05) is 0 Å². The first-order valence-corrected chi connectivity index (χ1v) is 12.6. The number of halogens is 3. The number of aromatic carboxylic acids is 1. The van der Waals surface area contributed by atoms with E-state index >= 15 is 0 Å². The van der Waals surface area contributed by atoms with E-state index in [0.717, 1.165) is 56.5 Å². The SMILES string of the molecule is CCCc1nc2c(C)cc(-c3cn(CC(F)(F)F)cn3)cc2n1Cc1ccc(-c2ccccc2C(=O)O)cc1. The Balaban J connectivity index is 1.51. The molecule has 0 aliphatic heterocycles. The van der Waals surface area contributed by atoms with Crippen LogP contribution in [0.3, 0.4) is 0 Å². The Labute approximate surface area is 223 Å². The molecule has 39 heavy (non-hydrogen) atoms. The fourth-order valence-corrected chi connectivity index (χ4v) is 4.88. The lowest BCUT2D eigenvalue weighted by atomic mass is 9.98. The van der Waals surface area contributed by atoms with Crippen molar-refractivity contribution >= 4 is 17.0 Å². The third-order valence-corrected chi connectivity index (χ3v) is 6.65. The summed E-state index contributed by atoms with van der Waals surface area (Å²) in [5, 5.41) is 9.55. The van der Waals surface area contributed by atoms with Crippen LogP contribution in [-0.4, -0.2) is 36.4 Å². The average molecular weight is 533 g/mol. The maximum Gasteiger partial charge on any atom is 0.406 e. The molecule has 1 N–H and O–H groups in total. The average Bonchev–Trinajstić information content (AvgIpc) is 3.49. The van der Waals surface area contributed by atoms with Crippen molar-refractivity contribution in [1.29, 1.82) is 0 Å². The van der Waals surface area contributed by atoms with Crippen molar-refractivity contribution in [2.45, 2.75) is 46.0 Å². The molecule has 0 amide bonds. The lowest BCUT2D eigenvalue weighted by Gasteiger charge is -2.12. The number of alkyl halides is 3. The van der Waals surface area contributed by atoms with Crippen LogP contribution in [0.25, 0.3) is 33.4 Å². The van der Waals surface area contributed by atoms with Gasteiger partial charge in [-0.05, 0) is 53.8 Å². The molecule has 0 saturated heterocycles. The zero-order chi connectivity index (χ0) is 27.7. The van der Waals surface area contributed by atoms with Crippen LogP contribution >= 0.6 is 0 Å². The van der Waals surface area contributed by atoms with Gasteiger partial charge in [-0.2, -0.15) is 13.2 Å². The highest BCUT2D eigenvalue weighted by Crippen LogP contribution is 2.30. The van der Waals surface area contributed by atoms with Gasteiger partial charge in [0.25, 0.3) is 0 Å². The summed E-state index contributed by atoms with van der Waals surface area (Å²) in [6.07, 6.45) is -0.0336. The van der Waals surface area contributed by atoms with Gasteiger partial charge in [-0.3, -0.25) is 0 Å². The molecular weight excluding hydrogens is 505 g/mol. The highest BCUT2D eigenvalue weighted by Gasteiger charge is 2.28. The summed E-state index contributed by atoms with van der Waals surface area (Å²) in [5.41, 5.74) is 6.58. The molecule has 0 aliphatic carbocycles. The standard InChI is InChI=1S/C30H27F3N4O2/c1-3-6-27-35-28-19(2)13-22(25-16-36(18-34-25)17-30(31,32)33)14-26(28)37(27)15-20-9-11-21(12-10-20)23-7-4-5-8-24(23)29(38)39/h4-5,7-14,16,18H,3,6,15,17H2,1-2H3,(H,38,39). The number of carboxylic acid groups (broad SMARTS) is 1. The van der Waals surface area contributed by atoms with Crippen molar-refractivity contribution < 1.29 is 23.1 Å². The van der Waals surface area contributed by atoms with E-state index in [1.165, 1.54) is 12.5 Å². The largest absolute Gasteiger partial charge is 0.478 e. The Hall–Kier alpha value is -4.40. The van der Waals surface area contributed by atoms with E-state index in [9.17, 15) is 23.1 Å². The summed E-state index contributed by atoms with van der Waals surface area (Å²) >= 11 is 0. The fraction of sp³-hybridized carbons (Fsp3) is 0.233. The molecule has 2 aromatic heterocycles. The van der Waals surface area contributed by atoms with Gasteiger partial charge in [0.05, 0.1) is 28.6 Å². The Morgan fingerprint density at radius 1 is 1.03 bits per heavy atom. The predicted molar refractivity (Wildman–Crippen MR) is 144 cm³/mol. The van der Waals surface area contributed by atoms with Crippen LogP contribution in [0, 0.1) is 6.92 Å². The van der Waals surface area contributed by atoms with Gasteiger partial charge in [0.1, 0.15) is 12.4 Å². The van der Waals surface area contributed by atoms with Crippen molar-refractivity contribution in [1.82, 2.24) is 19.1 Å². The fourth-order valence-electron chi connectivity index (χ4n) is 4.88. The number of benzene rings is 3. The van der Waals surface area contributed by atoms with E-state index in [4.69, 9.17) is 4.98 Å². The van der Waals surface area contributed by atoms with Crippen LogP contribution in [0.1, 0.15) is 40.7 Å². The van der Waals surface area contributed by atoms with Crippen molar-refractivity contribution in [2.24, 2.45) is 0 Å². The molecule has 0 unspecified atom stereocenters. The molecule has 9 heteroatoms. The molecule has 0 radical (unpaired) electrons. The number of hydrogen-bond acceptors (Lipinski definition) is 3. The summed E-state index contributed by atoms with van der Waals surface area (Å²) < 4.78 is 41.7. The lowest BCUT2D eigenvalue weighted by Crippen LogP contribution is -2.16. The van der Waals surface area contributed by atoms with E-state index < -0.39 is 18.7 Å². The van der Waals surface area contributed by atoms with Gasteiger partial charge in [0.15, 0.2) is 0 Å². The molecule has 5 rings (SSSR count). The van der Waals surface area contributed by atoms with Crippen LogP contribution in [0.5, 0.6) is 0 Å². The molecule has 0 aliphatic rings. The normalized spacial score (nSPS) is 11.8. The lowest BCUT2D eigenvalue weighted by molar-refractivity contribution is -0.140. The van der Waals surface area contributed by atoms with Gasteiger partial charge in [-0.1, -0.05) is 49.4 Å². The second-order valence-electron chi connectivity index (χ2n) is 9.62. The molecule has 5 aromatic rings. The molecule has 0 bridgehead atoms. The number of fused-ring (bicyclic) bond motifs is 1. The minimum atomic E-state index is -4.32. The number of rotatable bonds is 8. The first-order chi connectivity index (χ1) is 18.6. The summed E-state index contributed by atoms with van der Waals surface area (Å²) in [5.74, 6) is -0.0474. The second kappa shape index (κ2) is 10.4. The summed E-state index contributed by atoms with van der Waals surface area (Å²) in [7, 11) is 0. The van der Waals surface area contributed by atoms with E-state index in [1.54, 1.807) is 18.2 Å². The number of hydrogen-bond donors (Lipinski definition) is 1. The van der Waals surface area contributed by atoms with E-state index in [2.05, 4.69) is 16.5 Å².